The van der Waals surface area contributed by atoms with Crippen LogP contribution in [0.1, 0.15) is 31.4 Å². The Morgan fingerprint density at radius 1 is 1.27 bits per heavy atom. The number of ketones is 1. The molecule has 1 aromatic carbocycles. The van der Waals surface area contributed by atoms with Gasteiger partial charge in [0.1, 0.15) is 21.3 Å². The first-order valence-corrected chi connectivity index (χ1v) is 8.56. The minimum Gasteiger partial charge on any atom is -0.497 e. The van der Waals surface area contributed by atoms with Crippen LogP contribution in [0.2, 0.25) is 0 Å². The molecular weight excluding hydrogens is 356 g/mol. The van der Waals surface area contributed by atoms with Crippen LogP contribution in [0.15, 0.2) is 29.1 Å². The maximum atomic E-state index is 12.4. The lowest BCUT2D eigenvalue weighted by Gasteiger charge is -2.05. The highest BCUT2D eigenvalue weighted by Gasteiger charge is 2.21. The molecule has 7 nitrogen and oxygen atoms in total. The van der Waals surface area contributed by atoms with E-state index in [1.54, 1.807) is 38.1 Å². The van der Waals surface area contributed by atoms with Crippen LogP contribution in [-0.4, -0.2) is 35.4 Å². The van der Waals surface area contributed by atoms with Crippen molar-refractivity contribution in [2.24, 2.45) is 0 Å². The molecule has 0 aliphatic rings. The summed E-state index contributed by atoms with van der Waals surface area (Å²) in [6, 6.07) is 6.60. The maximum absolute atomic E-state index is 12.4. The summed E-state index contributed by atoms with van der Waals surface area (Å²) in [6.07, 6.45) is 0. The SMILES string of the molecule is COc1cccc(C(=O)COC(=O)c2sc3nc(C)[nH]c(=O)c3c2C)c1. The lowest BCUT2D eigenvalue weighted by molar-refractivity contribution is 0.0479. The number of ether oxygens (including phenoxy) is 2. The highest BCUT2D eigenvalue weighted by molar-refractivity contribution is 7.20. The zero-order valence-corrected chi connectivity index (χ0v) is 15.2. The third-order valence-corrected chi connectivity index (χ3v) is 5.00. The third-order valence-electron chi connectivity index (χ3n) is 3.83. The van der Waals surface area contributed by atoms with Gasteiger partial charge in [-0.3, -0.25) is 9.59 Å². The van der Waals surface area contributed by atoms with Crippen molar-refractivity contribution in [1.29, 1.82) is 0 Å². The summed E-state index contributed by atoms with van der Waals surface area (Å²) in [4.78, 5) is 44.2. The van der Waals surface area contributed by atoms with Gasteiger partial charge in [-0.1, -0.05) is 12.1 Å². The van der Waals surface area contributed by atoms with Gasteiger partial charge in [0.15, 0.2) is 12.4 Å². The number of hydrogen-bond donors (Lipinski definition) is 1. The van der Waals surface area contributed by atoms with Crippen molar-refractivity contribution in [1.82, 2.24) is 9.97 Å². The number of aryl methyl sites for hydroxylation is 2. The fourth-order valence-electron chi connectivity index (χ4n) is 2.52. The number of Topliss-reactive ketones (excluding diaryl/α,β-unsaturated/α-hetero) is 1. The molecule has 0 fully saturated rings. The van der Waals surface area contributed by atoms with Gasteiger partial charge in [0, 0.05) is 5.56 Å². The number of benzene rings is 1. The molecule has 0 unspecified atom stereocenters. The molecule has 0 aliphatic carbocycles. The average Bonchev–Trinajstić information content (AvgIpc) is 2.96. The number of hydrogen-bond acceptors (Lipinski definition) is 7. The second-order valence-corrected chi connectivity index (χ2v) is 6.62. The summed E-state index contributed by atoms with van der Waals surface area (Å²) in [7, 11) is 1.51. The summed E-state index contributed by atoms with van der Waals surface area (Å²) in [5.41, 5.74) is 0.587. The van der Waals surface area contributed by atoms with Gasteiger partial charge in [0.25, 0.3) is 5.56 Å². The minimum absolute atomic E-state index is 0.266. The van der Waals surface area contributed by atoms with Gasteiger partial charge in [-0.25, -0.2) is 9.78 Å². The Morgan fingerprint density at radius 2 is 2.04 bits per heavy atom. The molecule has 0 atom stereocenters. The van der Waals surface area contributed by atoms with Crippen LogP contribution < -0.4 is 10.3 Å². The number of nitrogens with one attached hydrogen (secondary N) is 1. The molecule has 3 aromatic rings. The zero-order chi connectivity index (χ0) is 18.8. The summed E-state index contributed by atoms with van der Waals surface area (Å²) in [5.74, 6) is 0.0155. The van der Waals surface area contributed by atoms with E-state index in [9.17, 15) is 14.4 Å². The molecule has 0 spiro atoms. The first-order valence-electron chi connectivity index (χ1n) is 7.75. The van der Waals surface area contributed by atoms with E-state index in [1.165, 1.54) is 7.11 Å². The van der Waals surface area contributed by atoms with Crippen molar-refractivity contribution in [3.8, 4) is 5.75 Å². The molecule has 26 heavy (non-hydrogen) atoms. The number of carbonyl (C=O) groups excluding carboxylic acids is 2. The van der Waals surface area contributed by atoms with E-state index in [1.807, 2.05) is 0 Å². The fraction of sp³-hybridized carbons (Fsp3) is 0.222. The van der Waals surface area contributed by atoms with Crippen molar-refractivity contribution in [3.05, 3.63) is 56.4 Å². The quantitative estimate of drug-likeness (QED) is 0.546. The van der Waals surface area contributed by atoms with E-state index in [-0.39, 0.29) is 16.2 Å². The summed E-state index contributed by atoms with van der Waals surface area (Å²) in [6.45, 7) is 2.93. The number of nitrogens with zero attached hydrogens (tertiary/aromatic N) is 1. The van der Waals surface area contributed by atoms with Crippen molar-refractivity contribution >= 4 is 33.3 Å². The third kappa shape index (κ3) is 3.36. The van der Waals surface area contributed by atoms with Crippen molar-refractivity contribution in [2.75, 3.05) is 13.7 Å². The highest BCUT2D eigenvalue weighted by atomic mass is 32.1. The Kier molecular flexibility index (Phi) is 4.85. The van der Waals surface area contributed by atoms with Crippen LogP contribution in [0.25, 0.3) is 10.2 Å². The van der Waals surface area contributed by atoms with Crippen LogP contribution in [-0.2, 0) is 4.74 Å². The molecule has 134 valence electrons. The molecule has 0 saturated heterocycles. The van der Waals surface area contributed by atoms with Crippen LogP contribution in [0.3, 0.4) is 0 Å². The van der Waals surface area contributed by atoms with E-state index in [4.69, 9.17) is 9.47 Å². The van der Waals surface area contributed by atoms with Crippen molar-refractivity contribution in [2.45, 2.75) is 13.8 Å². The average molecular weight is 372 g/mol. The largest absolute Gasteiger partial charge is 0.497 e. The molecule has 2 heterocycles. The number of H-pyrrole nitrogens is 1. The monoisotopic (exact) mass is 372 g/mol. The lowest BCUT2D eigenvalue weighted by atomic mass is 10.1. The molecule has 8 heteroatoms. The van der Waals surface area contributed by atoms with Crippen molar-refractivity contribution in [3.63, 3.8) is 0 Å². The number of methoxy groups -OCH3 is 1. The minimum atomic E-state index is -0.654. The Morgan fingerprint density at radius 3 is 2.77 bits per heavy atom. The van der Waals surface area contributed by atoms with E-state index >= 15 is 0 Å². The van der Waals surface area contributed by atoms with Crippen LogP contribution in [0.4, 0.5) is 0 Å². The predicted octanol–water partition coefficient (Wildman–Crippen LogP) is 2.65. The molecule has 0 amide bonds. The summed E-state index contributed by atoms with van der Waals surface area (Å²) < 4.78 is 10.2. The Labute approximate surface area is 152 Å². The summed E-state index contributed by atoms with van der Waals surface area (Å²) >= 11 is 1.08. The first-order chi connectivity index (χ1) is 12.4. The van der Waals surface area contributed by atoms with Crippen LogP contribution in [0, 0.1) is 13.8 Å². The van der Waals surface area contributed by atoms with Gasteiger partial charge in [-0.05, 0) is 31.5 Å². The lowest BCUT2D eigenvalue weighted by Crippen LogP contribution is -2.14. The molecule has 1 N–H and O–H groups in total. The van der Waals surface area contributed by atoms with Crippen molar-refractivity contribution < 1.29 is 19.1 Å². The highest BCUT2D eigenvalue weighted by Crippen LogP contribution is 2.27. The molecule has 3 rings (SSSR count). The zero-order valence-electron chi connectivity index (χ0n) is 14.4. The molecular formula is C18H16N2O5S. The first kappa shape index (κ1) is 17.8. The van der Waals surface area contributed by atoms with Crippen LogP contribution in [0.5, 0.6) is 5.75 Å². The number of aromatic nitrogens is 2. The van der Waals surface area contributed by atoms with E-state index < -0.39 is 12.6 Å². The van der Waals surface area contributed by atoms with Gasteiger partial charge in [0.2, 0.25) is 0 Å². The van der Waals surface area contributed by atoms with Crippen LogP contribution >= 0.6 is 11.3 Å². The maximum Gasteiger partial charge on any atom is 0.349 e. The van der Waals surface area contributed by atoms with Gasteiger partial charge in [-0.2, -0.15) is 0 Å². The second kappa shape index (κ2) is 7.09. The number of fused-ring (bicyclic) bond motifs is 1. The van der Waals surface area contributed by atoms with E-state index in [0.29, 0.717) is 32.9 Å². The number of carbonyl (C=O) groups is 2. The molecule has 0 bridgehead atoms. The number of aromatic amines is 1. The normalized spacial score (nSPS) is 10.7. The van der Waals surface area contributed by atoms with E-state index in [2.05, 4.69) is 9.97 Å². The Balaban J connectivity index is 1.79. The predicted molar refractivity (Wildman–Crippen MR) is 97.3 cm³/mol. The number of esters is 1. The Hall–Kier alpha value is -3.00. The smallest absolute Gasteiger partial charge is 0.349 e. The Bertz CT molecular complexity index is 1070. The molecule has 2 aromatic heterocycles. The fourth-order valence-corrected chi connectivity index (χ4v) is 3.64. The standard InChI is InChI=1S/C18H16N2O5S/c1-9-14-16(22)19-10(2)20-17(14)26-15(9)18(23)25-8-13(21)11-5-4-6-12(7-11)24-3/h4-7H,8H2,1-3H3,(H,19,20,22). The topological polar surface area (TPSA) is 98.3 Å². The van der Waals surface area contributed by atoms with Gasteiger partial charge >= 0.3 is 5.97 Å². The second-order valence-electron chi connectivity index (χ2n) is 5.62. The molecule has 0 aliphatic heterocycles. The number of thiophene rings is 1. The van der Waals surface area contributed by atoms with Gasteiger partial charge < -0.3 is 14.5 Å². The van der Waals surface area contributed by atoms with Gasteiger partial charge in [-0.15, -0.1) is 11.3 Å². The number of rotatable bonds is 5. The molecule has 0 radical (unpaired) electrons. The van der Waals surface area contributed by atoms with Gasteiger partial charge in [0.05, 0.1) is 12.5 Å². The van der Waals surface area contributed by atoms with E-state index in [0.717, 1.165) is 11.3 Å². The summed E-state index contributed by atoms with van der Waals surface area (Å²) in [5, 5.41) is 0.367. The molecule has 0 saturated carbocycles.